The highest BCUT2D eigenvalue weighted by Crippen LogP contribution is 2.35. The largest absolute Gasteiger partial charge is 0.490 e. The molecule has 0 unspecified atom stereocenters. The van der Waals surface area contributed by atoms with Crippen molar-refractivity contribution in [3.05, 3.63) is 52.3 Å². The monoisotopic (exact) mass is 445 g/mol. The van der Waals surface area contributed by atoms with Crippen molar-refractivity contribution in [3.63, 3.8) is 0 Å². The second-order valence-corrected chi connectivity index (χ2v) is 8.26. The van der Waals surface area contributed by atoms with Crippen LogP contribution in [0.15, 0.2) is 30.3 Å². The predicted molar refractivity (Wildman–Crippen MR) is 113 cm³/mol. The van der Waals surface area contributed by atoms with Crippen molar-refractivity contribution in [1.29, 1.82) is 5.26 Å². The van der Waals surface area contributed by atoms with Gasteiger partial charge in [0.1, 0.15) is 35.9 Å². The minimum absolute atomic E-state index is 0.0999. The number of hydrogen-bond donors (Lipinski definition) is 3. The molecule has 0 bridgehead atoms. The van der Waals surface area contributed by atoms with Crippen LogP contribution in [0.4, 0.5) is 15.8 Å². The summed E-state index contributed by atoms with van der Waals surface area (Å²) in [5.74, 6) is -0.438. The Bertz CT molecular complexity index is 1070. The van der Waals surface area contributed by atoms with Gasteiger partial charge in [0.15, 0.2) is 0 Å². The number of amides is 1. The van der Waals surface area contributed by atoms with Crippen molar-refractivity contribution >= 4 is 28.9 Å². The number of aliphatic hydroxyl groups excluding tert-OH is 1. The molecule has 3 N–H and O–H groups in total. The number of benzene rings is 2. The summed E-state index contributed by atoms with van der Waals surface area (Å²) in [5, 5.41) is 34.0. The lowest BCUT2D eigenvalue weighted by Gasteiger charge is -2.43. The van der Waals surface area contributed by atoms with Gasteiger partial charge in [0.05, 0.1) is 16.9 Å². The van der Waals surface area contributed by atoms with E-state index in [0.29, 0.717) is 40.6 Å². The third-order valence-electron chi connectivity index (χ3n) is 5.81. The fraction of sp³-hybridized carbons (Fsp3) is 0.364. The fourth-order valence-electron chi connectivity index (χ4n) is 3.99. The number of nitrogens with one attached hydrogen (secondary N) is 1. The van der Waals surface area contributed by atoms with Crippen LogP contribution < -0.4 is 15.0 Å². The molecule has 2 aliphatic rings. The van der Waals surface area contributed by atoms with E-state index >= 15 is 0 Å². The molecule has 1 saturated heterocycles. The van der Waals surface area contributed by atoms with Gasteiger partial charge in [-0.3, -0.25) is 4.79 Å². The van der Waals surface area contributed by atoms with E-state index in [2.05, 4.69) is 11.4 Å². The molecular formula is C22H21ClFN3O4. The van der Waals surface area contributed by atoms with Crippen LogP contribution >= 0.6 is 11.6 Å². The quantitative estimate of drug-likeness (QED) is 0.668. The van der Waals surface area contributed by atoms with E-state index in [1.54, 1.807) is 18.2 Å². The topological polar surface area (TPSA) is 106 Å². The zero-order chi connectivity index (χ0) is 22.2. The lowest BCUT2D eigenvalue weighted by atomic mass is 9.88. The van der Waals surface area contributed by atoms with E-state index in [9.17, 15) is 24.7 Å². The molecule has 7 nitrogen and oxygen atoms in total. The molecule has 0 radical (unpaired) electrons. The van der Waals surface area contributed by atoms with Gasteiger partial charge in [0, 0.05) is 30.1 Å². The van der Waals surface area contributed by atoms with Crippen LogP contribution in [-0.2, 0) is 11.2 Å². The molecule has 0 aliphatic carbocycles. The average Bonchev–Trinajstić information content (AvgIpc) is 2.75. The number of nitrogens with zero attached hydrogens (tertiary/aromatic N) is 2. The predicted octanol–water partition coefficient (Wildman–Crippen LogP) is 2.62. The second-order valence-electron chi connectivity index (χ2n) is 7.82. The Hall–Kier alpha value is -2.86. The number of halogens is 2. The molecular weight excluding hydrogens is 425 g/mol. The van der Waals surface area contributed by atoms with Crippen LogP contribution in [0.1, 0.15) is 24.0 Å². The van der Waals surface area contributed by atoms with Crippen molar-refractivity contribution < 1.29 is 24.1 Å². The van der Waals surface area contributed by atoms with Gasteiger partial charge < -0.3 is 25.2 Å². The Labute approximate surface area is 183 Å². The van der Waals surface area contributed by atoms with E-state index in [1.807, 2.05) is 4.90 Å². The Morgan fingerprint density at radius 1 is 1.35 bits per heavy atom. The van der Waals surface area contributed by atoms with Crippen LogP contribution in [0.25, 0.3) is 0 Å². The summed E-state index contributed by atoms with van der Waals surface area (Å²) >= 11 is 5.95. The van der Waals surface area contributed by atoms with Gasteiger partial charge in [-0.2, -0.15) is 5.26 Å². The second kappa shape index (κ2) is 8.35. The highest BCUT2D eigenvalue weighted by molar-refractivity contribution is 6.30. The SMILES string of the molecule is N#Cc1cc(Cl)ccc1N1CC[C@@](O)(COc2ccc(F)c3c2CCC(=O)N3)[C@H](O)C1. The van der Waals surface area contributed by atoms with E-state index in [0.717, 1.165) is 0 Å². The number of piperidine rings is 1. The van der Waals surface area contributed by atoms with Crippen LogP contribution in [0.3, 0.4) is 0 Å². The number of aliphatic hydroxyl groups is 2. The molecule has 162 valence electrons. The first-order valence-corrected chi connectivity index (χ1v) is 10.3. The standard InChI is InChI=1S/C22H21ClFN3O4/c23-14-1-4-17(13(9-14)10-25)27-8-7-22(30,19(28)11-27)12-31-18-5-3-16(24)21-15(18)2-6-20(29)26-21/h1,3-5,9,19,28,30H,2,6-8,11-12H2,(H,26,29)/t19-,22-/m1/s1. The summed E-state index contributed by atoms with van der Waals surface area (Å²) < 4.78 is 19.8. The van der Waals surface area contributed by atoms with Gasteiger partial charge in [-0.25, -0.2) is 4.39 Å². The molecule has 31 heavy (non-hydrogen) atoms. The van der Waals surface area contributed by atoms with Gasteiger partial charge in [-0.1, -0.05) is 11.6 Å². The van der Waals surface area contributed by atoms with E-state index in [4.69, 9.17) is 16.3 Å². The van der Waals surface area contributed by atoms with Crippen molar-refractivity contribution in [2.75, 3.05) is 29.9 Å². The van der Waals surface area contributed by atoms with Crippen molar-refractivity contribution in [3.8, 4) is 11.8 Å². The number of nitriles is 1. The zero-order valence-corrected chi connectivity index (χ0v) is 17.3. The Morgan fingerprint density at radius 2 is 2.16 bits per heavy atom. The minimum atomic E-state index is -1.52. The average molecular weight is 446 g/mol. The number of ether oxygens (including phenoxy) is 1. The van der Waals surface area contributed by atoms with Gasteiger partial charge >= 0.3 is 0 Å². The Kier molecular flexibility index (Phi) is 5.75. The maximum Gasteiger partial charge on any atom is 0.224 e. The number of rotatable bonds is 4. The Balaban J connectivity index is 1.47. The maximum atomic E-state index is 14.1. The van der Waals surface area contributed by atoms with Gasteiger partial charge in [0.25, 0.3) is 0 Å². The smallest absolute Gasteiger partial charge is 0.224 e. The maximum absolute atomic E-state index is 14.1. The Morgan fingerprint density at radius 3 is 2.90 bits per heavy atom. The van der Waals surface area contributed by atoms with Crippen molar-refractivity contribution in [2.24, 2.45) is 0 Å². The summed E-state index contributed by atoms with van der Waals surface area (Å²) in [5.41, 5.74) is 0.144. The molecule has 2 aromatic carbocycles. The van der Waals surface area contributed by atoms with E-state index in [1.165, 1.54) is 12.1 Å². The summed E-state index contributed by atoms with van der Waals surface area (Å²) in [6.07, 6.45) is -0.394. The summed E-state index contributed by atoms with van der Waals surface area (Å²) in [4.78, 5) is 13.4. The lowest BCUT2D eigenvalue weighted by molar-refractivity contribution is -0.116. The number of carbonyl (C=O) groups excluding carboxylic acids is 1. The lowest BCUT2D eigenvalue weighted by Crippen LogP contribution is -2.58. The van der Waals surface area contributed by atoms with Crippen molar-refractivity contribution in [2.45, 2.75) is 31.0 Å². The molecule has 0 spiro atoms. The number of fused-ring (bicyclic) bond motifs is 1. The molecule has 2 atom stereocenters. The molecule has 2 aromatic rings. The number of β-amino-alcohol motifs (C(OH)–C–C–N with tert-alkyl or cyclic N) is 1. The summed E-state index contributed by atoms with van der Waals surface area (Å²) in [6.45, 7) is 0.304. The van der Waals surface area contributed by atoms with Crippen LogP contribution in [0.2, 0.25) is 5.02 Å². The number of hydrogen-bond acceptors (Lipinski definition) is 6. The first-order valence-electron chi connectivity index (χ1n) is 9.90. The van der Waals surface area contributed by atoms with E-state index < -0.39 is 17.5 Å². The van der Waals surface area contributed by atoms with Crippen LogP contribution in [0, 0.1) is 17.1 Å². The molecule has 9 heteroatoms. The summed E-state index contributed by atoms with van der Waals surface area (Å²) in [7, 11) is 0. The van der Waals surface area contributed by atoms with E-state index in [-0.39, 0.29) is 37.6 Å². The third kappa shape index (κ3) is 4.17. The minimum Gasteiger partial charge on any atom is -0.490 e. The highest BCUT2D eigenvalue weighted by atomic mass is 35.5. The molecule has 2 aliphatic heterocycles. The normalized spacial score (nSPS) is 23.0. The van der Waals surface area contributed by atoms with Gasteiger partial charge in [0.2, 0.25) is 5.91 Å². The number of anilines is 2. The highest BCUT2D eigenvalue weighted by Gasteiger charge is 2.42. The fourth-order valence-corrected chi connectivity index (χ4v) is 4.16. The van der Waals surface area contributed by atoms with Crippen molar-refractivity contribution in [1.82, 2.24) is 0 Å². The van der Waals surface area contributed by atoms with Crippen LogP contribution in [-0.4, -0.2) is 47.5 Å². The third-order valence-corrected chi connectivity index (χ3v) is 6.05. The van der Waals surface area contributed by atoms with Gasteiger partial charge in [-0.15, -0.1) is 0 Å². The molecule has 1 fully saturated rings. The first kappa shape index (κ1) is 21.4. The molecule has 1 amide bonds. The molecule has 0 saturated carbocycles. The molecule has 0 aromatic heterocycles. The summed E-state index contributed by atoms with van der Waals surface area (Å²) in [6, 6.07) is 9.71. The van der Waals surface area contributed by atoms with Gasteiger partial charge in [-0.05, 0) is 43.2 Å². The molecule has 2 heterocycles. The number of carbonyl (C=O) groups is 1. The zero-order valence-electron chi connectivity index (χ0n) is 16.6. The van der Waals surface area contributed by atoms with Crippen LogP contribution in [0.5, 0.6) is 5.75 Å². The molecule has 4 rings (SSSR count). The first-order chi connectivity index (χ1) is 14.8.